The number of nitrogens with two attached hydrogens (primary N) is 1. The minimum atomic E-state index is -4.29. The fourth-order valence-electron chi connectivity index (χ4n) is 1.45. The number of thioether (sulfide) groups is 1. The number of rotatable bonds is 6. The minimum Gasteiger partial charge on any atom is -0.508 e. The van der Waals surface area contributed by atoms with Gasteiger partial charge in [0.15, 0.2) is 0 Å². The number of benzene rings is 1. The van der Waals surface area contributed by atoms with Crippen molar-refractivity contribution in [3.63, 3.8) is 0 Å². The van der Waals surface area contributed by atoms with Crippen LogP contribution >= 0.6 is 11.8 Å². The first kappa shape index (κ1) is 16.6. The Morgan fingerprint density at radius 2 is 1.95 bits per heavy atom. The van der Waals surface area contributed by atoms with Crippen molar-refractivity contribution >= 4 is 17.7 Å². The van der Waals surface area contributed by atoms with Crippen LogP contribution in [0.4, 0.5) is 13.2 Å². The molecule has 0 spiro atoms. The highest BCUT2D eigenvalue weighted by molar-refractivity contribution is 8.00. The van der Waals surface area contributed by atoms with Crippen LogP contribution < -0.4 is 11.1 Å². The van der Waals surface area contributed by atoms with E-state index >= 15 is 0 Å². The summed E-state index contributed by atoms with van der Waals surface area (Å²) in [5.74, 6) is -0.641. The third-order valence-corrected chi connectivity index (χ3v) is 3.13. The molecular formula is C12H15F3N2O2S. The summed E-state index contributed by atoms with van der Waals surface area (Å²) in [4.78, 5) is 11.6. The molecule has 1 atom stereocenters. The second-order valence-corrected chi connectivity index (χ2v) is 5.22. The fraction of sp³-hybridized carbons (Fsp3) is 0.417. The van der Waals surface area contributed by atoms with Crippen LogP contribution in [-0.2, 0) is 11.2 Å². The van der Waals surface area contributed by atoms with Crippen LogP contribution in [0.5, 0.6) is 5.75 Å². The number of phenolic OH excluding ortho intramolecular Hbond substituents is 1. The number of carbonyl (C=O) groups excluding carboxylic acids is 1. The van der Waals surface area contributed by atoms with E-state index in [1.807, 2.05) is 0 Å². The normalized spacial score (nSPS) is 13.0. The standard InChI is InChI=1S/C12H15F3N2O2S/c13-12(14,15)20-6-5-17-11(19)10(16)7-8-1-3-9(18)4-2-8/h1-4,10,18H,5-7,16H2,(H,17,19)/t10-/m0/s1. The first-order valence-electron chi connectivity index (χ1n) is 5.80. The highest BCUT2D eigenvalue weighted by atomic mass is 32.2. The van der Waals surface area contributed by atoms with Crippen molar-refractivity contribution < 1.29 is 23.1 Å². The van der Waals surface area contributed by atoms with Crippen LogP contribution in [0.1, 0.15) is 5.56 Å². The van der Waals surface area contributed by atoms with Gasteiger partial charge in [-0.2, -0.15) is 13.2 Å². The second-order valence-electron chi connectivity index (χ2n) is 4.06. The fourth-order valence-corrected chi connectivity index (χ4v) is 1.89. The summed E-state index contributed by atoms with van der Waals surface area (Å²) >= 11 is -0.190. The Morgan fingerprint density at radius 3 is 2.50 bits per heavy atom. The quantitative estimate of drug-likeness (QED) is 0.698. The Kier molecular flexibility index (Phi) is 6.15. The molecule has 0 heterocycles. The molecule has 0 radical (unpaired) electrons. The molecule has 0 aliphatic carbocycles. The van der Waals surface area contributed by atoms with E-state index in [0.29, 0.717) is 0 Å². The molecule has 4 N–H and O–H groups in total. The molecule has 1 rings (SSSR count). The molecule has 1 amide bonds. The lowest BCUT2D eigenvalue weighted by Crippen LogP contribution is -2.42. The van der Waals surface area contributed by atoms with Crippen LogP contribution in [0.2, 0.25) is 0 Å². The molecule has 1 aromatic rings. The van der Waals surface area contributed by atoms with Crippen LogP contribution in [0.3, 0.4) is 0 Å². The lowest BCUT2D eigenvalue weighted by Gasteiger charge is -2.12. The zero-order chi connectivity index (χ0) is 15.2. The predicted octanol–water partition coefficient (Wildman–Crippen LogP) is 1.63. The molecule has 20 heavy (non-hydrogen) atoms. The third kappa shape index (κ3) is 6.67. The average molecular weight is 308 g/mol. The maximum atomic E-state index is 11.9. The van der Waals surface area contributed by atoms with Gasteiger partial charge >= 0.3 is 5.51 Å². The number of carbonyl (C=O) groups is 1. The predicted molar refractivity (Wildman–Crippen MR) is 71.3 cm³/mol. The maximum Gasteiger partial charge on any atom is 0.441 e. The number of phenols is 1. The number of aromatic hydroxyl groups is 1. The van der Waals surface area contributed by atoms with Gasteiger partial charge in [-0.25, -0.2) is 0 Å². The minimum absolute atomic E-state index is 0.0910. The van der Waals surface area contributed by atoms with Crippen molar-refractivity contribution in [3.8, 4) is 5.75 Å². The summed E-state index contributed by atoms with van der Waals surface area (Å²) in [6, 6.07) is 5.36. The first-order valence-corrected chi connectivity index (χ1v) is 6.78. The van der Waals surface area contributed by atoms with E-state index in [-0.39, 0.29) is 36.2 Å². The zero-order valence-electron chi connectivity index (χ0n) is 10.5. The molecule has 1 aromatic carbocycles. The average Bonchev–Trinajstić information content (AvgIpc) is 2.36. The first-order chi connectivity index (χ1) is 9.28. The molecule has 0 aliphatic heterocycles. The SMILES string of the molecule is N[C@@H](Cc1ccc(O)cc1)C(=O)NCCSC(F)(F)F. The second kappa shape index (κ2) is 7.39. The van der Waals surface area contributed by atoms with E-state index < -0.39 is 17.5 Å². The van der Waals surface area contributed by atoms with E-state index in [1.54, 1.807) is 12.1 Å². The Balaban J connectivity index is 2.30. The Morgan fingerprint density at radius 1 is 1.35 bits per heavy atom. The van der Waals surface area contributed by atoms with Crippen molar-refractivity contribution in [3.05, 3.63) is 29.8 Å². The lowest BCUT2D eigenvalue weighted by atomic mass is 10.1. The smallest absolute Gasteiger partial charge is 0.441 e. The van der Waals surface area contributed by atoms with Crippen molar-refractivity contribution in [2.45, 2.75) is 18.0 Å². The summed E-state index contributed by atoms with van der Waals surface area (Å²) in [5, 5.41) is 11.5. The summed E-state index contributed by atoms with van der Waals surface area (Å²) in [7, 11) is 0. The number of nitrogens with one attached hydrogen (secondary N) is 1. The molecule has 0 saturated heterocycles. The van der Waals surface area contributed by atoms with E-state index in [4.69, 9.17) is 10.8 Å². The topological polar surface area (TPSA) is 75.3 Å². The van der Waals surface area contributed by atoms with E-state index in [0.717, 1.165) is 5.56 Å². The van der Waals surface area contributed by atoms with Crippen LogP contribution in [-0.4, -0.2) is 34.9 Å². The van der Waals surface area contributed by atoms with Gasteiger partial charge in [-0.1, -0.05) is 12.1 Å². The summed E-state index contributed by atoms with van der Waals surface area (Å²) in [6.07, 6.45) is 0.249. The summed E-state index contributed by atoms with van der Waals surface area (Å²) in [6.45, 7) is -0.0910. The van der Waals surface area contributed by atoms with E-state index in [1.165, 1.54) is 12.1 Å². The maximum absolute atomic E-state index is 11.9. The van der Waals surface area contributed by atoms with Gasteiger partial charge in [0.25, 0.3) is 0 Å². The molecule has 0 aromatic heterocycles. The van der Waals surface area contributed by atoms with Gasteiger partial charge in [0.2, 0.25) is 5.91 Å². The van der Waals surface area contributed by atoms with Crippen LogP contribution in [0.15, 0.2) is 24.3 Å². The van der Waals surface area contributed by atoms with Crippen molar-refractivity contribution in [2.24, 2.45) is 5.73 Å². The van der Waals surface area contributed by atoms with Crippen LogP contribution in [0.25, 0.3) is 0 Å². The number of alkyl halides is 3. The van der Waals surface area contributed by atoms with Crippen molar-refractivity contribution in [2.75, 3.05) is 12.3 Å². The monoisotopic (exact) mass is 308 g/mol. The molecular weight excluding hydrogens is 293 g/mol. The van der Waals surface area contributed by atoms with E-state index in [9.17, 15) is 18.0 Å². The molecule has 0 bridgehead atoms. The Labute approximate surface area is 118 Å². The Hall–Kier alpha value is -1.41. The summed E-state index contributed by atoms with van der Waals surface area (Å²) in [5.41, 5.74) is 2.12. The van der Waals surface area contributed by atoms with Gasteiger partial charge in [0.1, 0.15) is 5.75 Å². The van der Waals surface area contributed by atoms with Crippen molar-refractivity contribution in [1.29, 1.82) is 0 Å². The number of halogens is 3. The summed E-state index contributed by atoms with van der Waals surface area (Å²) < 4.78 is 35.6. The molecule has 0 aliphatic rings. The molecule has 4 nitrogen and oxygen atoms in total. The van der Waals surface area contributed by atoms with Gasteiger partial charge < -0.3 is 16.2 Å². The largest absolute Gasteiger partial charge is 0.508 e. The lowest BCUT2D eigenvalue weighted by molar-refractivity contribution is -0.122. The highest BCUT2D eigenvalue weighted by Gasteiger charge is 2.27. The number of hydrogen-bond donors (Lipinski definition) is 3. The molecule has 0 fully saturated rings. The zero-order valence-corrected chi connectivity index (χ0v) is 11.3. The van der Waals surface area contributed by atoms with Crippen molar-refractivity contribution in [1.82, 2.24) is 5.32 Å². The third-order valence-electron chi connectivity index (χ3n) is 2.40. The van der Waals surface area contributed by atoms with Gasteiger partial charge in [-0.3, -0.25) is 4.79 Å². The highest BCUT2D eigenvalue weighted by Crippen LogP contribution is 2.29. The van der Waals surface area contributed by atoms with Gasteiger partial charge in [0, 0.05) is 12.3 Å². The molecule has 8 heteroatoms. The number of amides is 1. The van der Waals surface area contributed by atoms with Gasteiger partial charge in [-0.15, -0.1) is 0 Å². The van der Waals surface area contributed by atoms with Gasteiger partial charge in [0.05, 0.1) is 6.04 Å². The molecule has 0 unspecified atom stereocenters. The Bertz CT molecular complexity index is 437. The van der Waals surface area contributed by atoms with E-state index in [2.05, 4.69) is 5.32 Å². The van der Waals surface area contributed by atoms with Crippen LogP contribution in [0, 0.1) is 0 Å². The number of hydrogen-bond acceptors (Lipinski definition) is 4. The van der Waals surface area contributed by atoms with Gasteiger partial charge in [-0.05, 0) is 35.9 Å². The molecule has 0 saturated carbocycles. The molecule has 112 valence electrons.